The van der Waals surface area contributed by atoms with Gasteiger partial charge in [-0.15, -0.1) is 0 Å². The third-order valence-electron chi connectivity index (χ3n) is 8.24. The van der Waals surface area contributed by atoms with E-state index in [0.29, 0.717) is 31.6 Å². The Balaban J connectivity index is 1.20. The molecule has 0 atom stereocenters. The van der Waals surface area contributed by atoms with Gasteiger partial charge in [0.05, 0.1) is 6.10 Å². The van der Waals surface area contributed by atoms with E-state index in [1.54, 1.807) is 0 Å². The minimum absolute atomic E-state index is 0.0700. The van der Waals surface area contributed by atoms with Gasteiger partial charge >= 0.3 is 0 Å². The standard InChI is InChI=1S/C27H38N4O2/c1-19-5-3-7-24(20(19)2)29-14-9-21(10-15-29)11-18-31-25-8-4-6-23(25)26(28-31)27(33)30-16-12-22(32)13-17-30/h3,5,7,21-22,32H,4,6,8-18H2,1-2H3. The summed E-state index contributed by atoms with van der Waals surface area (Å²) in [5, 5.41) is 14.6. The van der Waals surface area contributed by atoms with E-state index < -0.39 is 0 Å². The fourth-order valence-electron chi connectivity index (χ4n) is 5.93. The molecule has 2 fully saturated rings. The number of aromatic nitrogens is 2. The van der Waals surface area contributed by atoms with Crippen LogP contribution in [0.15, 0.2) is 18.2 Å². The molecule has 178 valence electrons. The van der Waals surface area contributed by atoms with E-state index in [0.717, 1.165) is 51.2 Å². The molecule has 0 spiro atoms. The third-order valence-corrected chi connectivity index (χ3v) is 8.24. The number of aliphatic hydroxyl groups is 1. The van der Waals surface area contributed by atoms with Crippen LogP contribution in [0, 0.1) is 19.8 Å². The van der Waals surface area contributed by atoms with Gasteiger partial charge in [0.1, 0.15) is 0 Å². The van der Waals surface area contributed by atoms with Crippen LogP contribution in [0.3, 0.4) is 0 Å². The highest BCUT2D eigenvalue weighted by molar-refractivity contribution is 5.94. The van der Waals surface area contributed by atoms with Gasteiger partial charge in [-0.05, 0) is 88.3 Å². The van der Waals surface area contributed by atoms with Crippen molar-refractivity contribution in [1.82, 2.24) is 14.7 Å². The lowest BCUT2D eigenvalue weighted by atomic mass is 9.92. The van der Waals surface area contributed by atoms with Gasteiger partial charge in [0.25, 0.3) is 5.91 Å². The Labute approximate surface area is 197 Å². The van der Waals surface area contributed by atoms with E-state index in [9.17, 15) is 9.90 Å². The van der Waals surface area contributed by atoms with Crippen molar-refractivity contribution < 1.29 is 9.90 Å². The van der Waals surface area contributed by atoms with Crippen LogP contribution in [-0.2, 0) is 19.4 Å². The molecule has 1 N–H and O–H groups in total. The number of benzene rings is 1. The summed E-state index contributed by atoms with van der Waals surface area (Å²) >= 11 is 0. The van der Waals surface area contributed by atoms with Crippen molar-refractivity contribution in [3.05, 3.63) is 46.3 Å². The number of fused-ring (bicyclic) bond motifs is 1. The molecule has 2 saturated heterocycles. The lowest BCUT2D eigenvalue weighted by molar-refractivity contribution is 0.0540. The topological polar surface area (TPSA) is 61.6 Å². The molecule has 0 saturated carbocycles. The van der Waals surface area contributed by atoms with Crippen LogP contribution in [-0.4, -0.2) is 58.0 Å². The molecule has 2 aromatic rings. The first-order valence-electron chi connectivity index (χ1n) is 12.9. The molecule has 0 bridgehead atoms. The smallest absolute Gasteiger partial charge is 0.274 e. The predicted molar refractivity (Wildman–Crippen MR) is 131 cm³/mol. The zero-order valence-electron chi connectivity index (χ0n) is 20.2. The van der Waals surface area contributed by atoms with Crippen LogP contribution in [0.2, 0.25) is 0 Å². The van der Waals surface area contributed by atoms with E-state index in [4.69, 9.17) is 5.10 Å². The van der Waals surface area contributed by atoms with Crippen LogP contribution in [0.25, 0.3) is 0 Å². The predicted octanol–water partition coefficient (Wildman–Crippen LogP) is 3.89. The van der Waals surface area contributed by atoms with Gasteiger partial charge in [0.2, 0.25) is 0 Å². The van der Waals surface area contributed by atoms with Crippen molar-refractivity contribution in [3.63, 3.8) is 0 Å². The summed E-state index contributed by atoms with van der Waals surface area (Å²) in [7, 11) is 0. The number of nitrogens with zero attached hydrogens (tertiary/aromatic N) is 4. The lowest BCUT2D eigenvalue weighted by Gasteiger charge is -2.35. The van der Waals surface area contributed by atoms with Crippen molar-refractivity contribution in [3.8, 4) is 0 Å². The average molecular weight is 451 g/mol. The Morgan fingerprint density at radius 2 is 1.82 bits per heavy atom. The fourth-order valence-corrected chi connectivity index (χ4v) is 5.93. The number of aryl methyl sites for hydroxylation is 2. The maximum Gasteiger partial charge on any atom is 0.274 e. The molecule has 33 heavy (non-hydrogen) atoms. The molecule has 1 aromatic carbocycles. The number of piperidine rings is 2. The second-order valence-corrected chi connectivity index (χ2v) is 10.3. The molecular formula is C27H38N4O2. The summed E-state index contributed by atoms with van der Waals surface area (Å²) < 4.78 is 2.16. The van der Waals surface area contributed by atoms with Gasteiger partial charge < -0.3 is 14.9 Å². The van der Waals surface area contributed by atoms with E-state index in [-0.39, 0.29) is 12.0 Å². The zero-order chi connectivity index (χ0) is 22.9. The van der Waals surface area contributed by atoms with Gasteiger partial charge in [-0.2, -0.15) is 5.10 Å². The van der Waals surface area contributed by atoms with Gasteiger partial charge in [0, 0.05) is 49.7 Å². The molecule has 1 aromatic heterocycles. The number of carbonyl (C=O) groups is 1. The number of rotatable bonds is 5. The Bertz CT molecular complexity index is 998. The molecule has 0 unspecified atom stereocenters. The van der Waals surface area contributed by atoms with Crippen molar-refractivity contribution in [2.75, 3.05) is 31.1 Å². The van der Waals surface area contributed by atoms with Gasteiger partial charge in [0.15, 0.2) is 5.69 Å². The maximum absolute atomic E-state index is 13.2. The number of amides is 1. The minimum Gasteiger partial charge on any atom is -0.393 e. The Hall–Kier alpha value is -2.34. The molecule has 3 aliphatic rings. The third kappa shape index (κ3) is 4.54. The number of carbonyl (C=O) groups excluding carboxylic acids is 1. The number of hydrogen-bond donors (Lipinski definition) is 1. The minimum atomic E-state index is -0.265. The molecule has 5 rings (SSSR count). The second kappa shape index (κ2) is 9.49. The molecular weight excluding hydrogens is 412 g/mol. The first-order valence-corrected chi connectivity index (χ1v) is 12.9. The summed E-state index contributed by atoms with van der Waals surface area (Å²) in [6, 6.07) is 6.63. The van der Waals surface area contributed by atoms with E-state index in [1.165, 1.54) is 40.9 Å². The fraction of sp³-hybridized carbons (Fsp3) is 0.630. The molecule has 1 amide bonds. The Morgan fingerprint density at radius 1 is 1.06 bits per heavy atom. The van der Waals surface area contributed by atoms with Gasteiger partial charge in [-0.1, -0.05) is 12.1 Å². The largest absolute Gasteiger partial charge is 0.393 e. The van der Waals surface area contributed by atoms with Crippen LogP contribution < -0.4 is 4.90 Å². The molecule has 0 radical (unpaired) electrons. The SMILES string of the molecule is Cc1cccc(N2CCC(CCn3nc(C(=O)N4CCC(O)CC4)c4c3CCC4)CC2)c1C. The summed E-state index contributed by atoms with van der Waals surface area (Å²) in [5.74, 6) is 0.788. The summed E-state index contributed by atoms with van der Waals surface area (Å²) in [5.41, 5.74) is 7.34. The second-order valence-electron chi connectivity index (χ2n) is 10.3. The van der Waals surface area contributed by atoms with Crippen LogP contribution in [0.5, 0.6) is 0 Å². The van der Waals surface area contributed by atoms with Crippen LogP contribution in [0.1, 0.15) is 71.4 Å². The number of anilines is 1. The average Bonchev–Trinajstić information content (AvgIpc) is 3.43. The van der Waals surface area contributed by atoms with E-state index >= 15 is 0 Å². The van der Waals surface area contributed by atoms with Gasteiger partial charge in [-0.25, -0.2) is 0 Å². The van der Waals surface area contributed by atoms with E-state index in [1.807, 2.05) is 4.90 Å². The first-order chi connectivity index (χ1) is 16.0. The molecule has 6 nitrogen and oxygen atoms in total. The van der Waals surface area contributed by atoms with E-state index in [2.05, 4.69) is 41.6 Å². The van der Waals surface area contributed by atoms with Gasteiger partial charge in [-0.3, -0.25) is 9.48 Å². The first kappa shape index (κ1) is 22.5. The van der Waals surface area contributed by atoms with Crippen molar-refractivity contribution in [2.45, 2.75) is 77.9 Å². The Morgan fingerprint density at radius 3 is 2.58 bits per heavy atom. The van der Waals surface area contributed by atoms with Crippen LogP contribution in [0.4, 0.5) is 5.69 Å². The number of hydrogen-bond acceptors (Lipinski definition) is 4. The molecule has 2 aliphatic heterocycles. The summed E-state index contributed by atoms with van der Waals surface area (Å²) in [6.45, 7) is 8.87. The molecule has 3 heterocycles. The summed E-state index contributed by atoms with van der Waals surface area (Å²) in [6.07, 6.45) is 7.81. The maximum atomic E-state index is 13.2. The number of aliphatic hydroxyl groups excluding tert-OH is 1. The Kier molecular flexibility index (Phi) is 6.46. The van der Waals surface area contributed by atoms with Crippen molar-refractivity contribution in [2.24, 2.45) is 5.92 Å². The highest BCUT2D eigenvalue weighted by atomic mass is 16.3. The van der Waals surface area contributed by atoms with Crippen LogP contribution >= 0.6 is 0 Å². The normalized spacial score (nSPS) is 19.8. The summed E-state index contributed by atoms with van der Waals surface area (Å²) in [4.78, 5) is 17.6. The highest BCUT2D eigenvalue weighted by Crippen LogP contribution is 2.31. The van der Waals surface area contributed by atoms with Crippen molar-refractivity contribution >= 4 is 11.6 Å². The monoisotopic (exact) mass is 450 g/mol. The van der Waals surface area contributed by atoms with Crippen molar-refractivity contribution in [1.29, 1.82) is 0 Å². The highest BCUT2D eigenvalue weighted by Gasteiger charge is 2.31. The lowest BCUT2D eigenvalue weighted by Crippen LogP contribution is -2.40. The molecule has 6 heteroatoms. The number of likely N-dealkylation sites (tertiary alicyclic amines) is 1. The molecule has 1 aliphatic carbocycles. The zero-order valence-corrected chi connectivity index (χ0v) is 20.2. The quantitative estimate of drug-likeness (QED) is 0.751.